The SMILES string of the molecule is COc1cc2ncnc(Nc3ccc(OCc4cccc(F)c4)c(Cl)c3)c2cc1-c1ccc(CNCCC(=O)NO)o1. The van der Waals surface area contributed by atoms with E-state index in [2.05, 4.69) is 20.6 Å². The average molecular weight is 592 g/mol. The molecule has 0 aliphatic rings. The molecular weight excluding hydrogens is 565 g/mol. The van der Waals surface area contributed by atoms with Gasteiger partial charge in [-0.15, -0.1) is 0 Å². The van der Waals surface area contributed by atoms with Crippen molar-refractivity contribution in [3.05, 3.63) is 95.2 Å². The summed E-state index contributed by atoms with van der Waals surface area (Å²) in [5.41, 5.74) is 4.33. The first-order valence-corrected chi connectivity index (χ1v) is 13.3. The van der Waals surface area contributed by atoms with Crippen molar-refractivity contribution in [1.29, 1.82) is 0 Å². The number of carbonyl (C=O) groups is 1. The van der Waals surface area contributed by atoms with Gasteiger partial charge in [-0.2, -0.15) is 0 Å². The second kappa shape index (κ2) is 13.3. The Morgan fingerprint density at radius 3 is 2.74 bits per heavy atom. The zero-order valence-electron chi connectivity index (χ0n) is 22.5. The third-order valence-corrected chi connectivity index (χ3v) is 6.61. The zero-order chi connectivity index (χ0) is 29.5. The maximum atomic E-state index is 13.5. The van der Waals surface area contributed by atoms with Crippen LogP contribution in [0.25, 0.3) is 22.2 Å². The summed E-state index contributed by atoms with van der Waals surface area (Å²) >= 11 is 6.49. The Labute approximate surface area is 245 Å². The Bertz CT molecular complexity index is 1710. The summed E-state index contributed by atoms with van der Waals surface area (Å²) in [5.74, 6) is 2.02. The van der Waals surface area contributed by atoms with Gasteiger partial charge in [0.15, 0.2) is 0 Å². The standard InChI is InChI=1S/C30H27ClFN5O5/c1-40-28-14-25-22(13-23(28)26-8-6-21(42-26)15-33-10-9-29(38)37-39)30(35-17-34-25)36-20-5-7-27(24(31)12-20)41-16-18-3-2-4-19(32)11-18/h2-8,11-14,17,33,39H,9-10,15-16H2,1H3,(H,37,38)(H,34,35,36). The summed E-state index contributed by atoms with van der Waals surface area (Å²) in [5, 5.41) is 16.1. The second-order valence-electron chi connectivity index (χ2n) is 9.21. The van der Waals surface area contributed by atoms with Crippen molar-refractivity contribution in [2.75, 3.05) is 19.0 Å². The molecule has 5 aromatic rings. The highest BCUT2D eigenvalue weighted by atomic mass is 35.5. The van der Waals surface area contributed by atoms with E-state index in [9.17, 15) is 9.18 Å². The van der Waals surface area contributed by atoms with Crippen LogP contribution in [-0.2, 0) is 17.9 Å². The van der Waals surface area contributed by atoms with Crippen molar-refractivity contribution in [2.45, 2.75) is 19.6 Å². The van der Waals surface area contributed by atoms with Gasteiger partial charge in [0.1, 0.15) is 47.6 Å². The molecule has 2 heterocycles. The van der Waals surface area contributed by atoms with Gasteiger partial charge >= 0.3 is 0 Å². The minimum Gasteiger partial charge on any atom is -0.496 e. The highest BCUT2D eigenvalue weighted by molar-refractivity contribution is 6.32. The van der Waals surface area contributed by atoms with Gasteiger partial charge in [-0.05, 0) is 54.1 Å². The molecule has 216 valence electrons. The molecule has 0 fully saturated rings. The number of carbonyl (C=O) groups excluding carboxylic acids is 1. The molecule has 42 heavy (non-hydrogen) atoms. The molecule has 0 radical (unpaired) electrons. The zero-order valence-corrected chi connectivity index (χ0v) is 23.2. The first-order chi connectivity index (χ1) is 20.4. The number of hydrogen-bond donors (Lipinski definition) is 4. The fraction of sp³-hybridized carbons (Fsp3) is 0.167. The van der Waals surface area contributed by atoms with E-state index in [1.165, 1.54) is 18.5 Å². The maximum Gasteiger partial charge on any atom is 0.244 e. The van der Waals surface area contributed by atoms with E-state index in [1.54, 1.807) is 42.9 Å². The number of aromatic nitrogens is 2. The number of furan rings is 1. The predicted molar refractivity (Wildman–Crippen MR) is 156 cm³/mol. The Balaban J connectivity index is 1.34. The summed E-state index contributed by atoms with van der Waals surface area (Å²) in [6.45, 7) is 0.947. The van der Waals surface area contributed by atoms with Crippen LogP contribution in [0.5, 0.6) is 11.5 Å². The molecule has 0 saturated heterocycles. The lowest BCUT2D eigenvalue weighted by molar-refractivity contribution is -0.129. The number of fused-ring (bicyclic) bond motifs is 1. The van der Waals surface area contributed by atoms with Crippen LogP contribution in [0, 0.1) is 5.82 Å². The molecule has 0 spiro atoms. The molecule has 0 saturated carbocycles. The minimum atomic E-state index is -0.470. The normalized spacial score (nSPS) is 11.0. The number of methoxy groups -OCH3 is 1. The minimum absolute atomic E-state index is 0.133. The van der Waals surface area contributed by atoms with Crippen LogP contribution < -0.4 is 25.6 Å². The number of hydroxylamine groups is 1. The van der Waals surface area contributed by atoms with Gasteiger partial charge in [0, 0.05) is 30.1 Å². The molecule has 0 aliphatic carbocycles. The number of benzene rings is 3. The van der Waals surface area contributed by atoms with Gasteiger partial charge in [-0.3, -0.25) is 10.0 Å². The van der Waals surface area contributed by atoms with Gasteiger partial charge in [0.2, 0.25) is 5.91 Å². The van der Waals surface area contributed by atoms with E-state index in [0.717, 1.165) is 5.39 Å². The molecule has 3 aromatic carbocycles. The fourth-order valence-corrected chi connectivity index (χ4v) is 4.49. The fourth-order valence-electron chi connectivity index (χ4n) is 4.25. The number of halogens is 2. The predicted octanol–water partition coefficient (Wildman–Crippen LogP) is 6.00. The van der Waals surface area contributed by atoms with E-state index < -0.39 is 5.91 Å². The van der Waals surface area contributed by atoms with E-state index in [-0.39, 0.29) is 18.8 Å². The van der Waals surface area contributed by atoms with Crippen LogP contribution >= 0.6 is 11.6 Å². The Hall–Kier alpha value is -4.71. The summed E-state index contributed by atoms with van der Waals surface area (Å²) < 4.78 is 30.9. The lowest BCUT2D eigenvalue weighted by Gasteiger charge is -2.13. The number of nitrogens with one attached hydrogen (secondary N) is 3. The number of rotatable bonds is 12. The van der Waals surface area contributed by atoms with Crippen molar-refractivity contribution in [3.63, 3.8) is 0 Å². The smallest absolute Gasteiger partial charge is 0.244 e. The molecule has 0 atom stereocenters. The first-order valence-electron chi connectivity index (χ1n) is 12.9. The van der Waals surface area contributed by atoms with Crippen LogP contribution in [0.15, 0.2) is 77.5 Å². The van der Waals surface area contributed by atoms with E-state index in [0.29, 0.717) is 69.3 Å². The van der Waals surface area contributed by atoms with Crippen molar-refractivity contribution in [1.82, 2.24) is 20.8 Å². The molecule has 4 N–H and O–H groups in total. The van der Waals surface area contributed by atoms with Crippen LogP contribution in [0.4, 0.5) is 15.9 Å². The third-order valence-electron chi connectivity index (χ3n) is 6.31. The van der Waals surface area contributed by atoms with E-state index in [4.69, 9.17) is 30.7 Å². The molecule has 0 bridgehead atoms. The number of anilines is 2. The van der Waals surface area contributed by atoms with Gasteiger partial charge in [-0.25, -0.2) is 19.8 Å². The van der Waals surface area contributed by atoms with E-state index >= 15 is 0 Å². The number of amides is 1. The Morgan fingerprint density at radius 1 is 1.07 bits per heavy atom. The number of nitrogens with zero attached hydrogens (tertiary/aromatic N) is 2. The van der Waals surface area contributed by atoms with Crippen molar-refractivity contribution in [3.8, 4) is 22.8 Å². The Kier molecular flexibility index (Phi) is 9.12. The van der Waals surface area contributed by atoms with Gasteiger partial charge in [-0.1, -0.05) is 23.7 Å². The van der Waals surface area contributed by atoms with Crippen molar-refractivity contribution < 1.29 is 28.3 Å². The lowest BCUT2D eigenvalue weighted by atomic mass is 10.1. The third kappa shape index (κ3) is 6.95. The monoisotopic (exact) mass is 591 g/mol. The van der Waals surface area contributed by atoms with Crippen molar-refractivity contribution >= 4 is 39.9 Å². The highest BCUT2D eigenvalue weighted by Gasteiger charge is 2.16. The van der Waals surface area contributed by atoms with Crippen LogP contribution in [-0.4, -0.2) is 34.7 Å². The molecule has 5 rings (SSSR count). The quantitative estimate of drug-likeness (QED) is 0.0784. The van der Waals surface area contributed by atoms with Gasteiger partial charge < -0.3 is 24.5 Å². The highest BCUT2D eigenvalue weighted by Crippen LogP contribution is 2.37. The molecule has 0 aliphatic heterocycles. The molecule has 0 unspecified atom stereocenters. The maximum absolute atomic E-state index is 13.5. The second-order valence-corrected chi connectivity index (χ2v) is 9.62. The van der Waals surface area contributed by atoms with E-state index in [1.807, 2.05) is 24.3 Å². The average Bonchev–Trinajstić information content (AvgIpc) is 3.47. The van der Waals surface area contributed by atoms with Crippen molar-refractivity contribution in [2.24, 2.45) is 0 Å². The largest absolute Gasteiger partial charge is 0.496 e. The molecule has 10 nitrogen and oxygen atoms in total. The molecule has 12 heteroatoms. The number of hydrogen-bond acceptors (Lipinski definition) is 9. The van der Waals surface area contributed by atoms with Gasteiger partial charge in [0.05, 0.1) is 29.8 Å². The lowest BCUT2D eigenvalue weighted by Crippen LogP contribution is -2.24. The first kappa shape index (κ1) is 28.8. The summed E-state index contributed by atoms with van der Waals surface area (Å²) in [4.78, 5) is 20.0. The summed E-state index contributed by atoms with van der Waals surface area (Å²) in [6, 6.07) is 18.8. The molecule has 2 aromatic heterocycles. The molecular formula is C30H27ClFN5O5. The van der Waals surface area contributed by atoms with Crippen LogP contribution in [0.2, 0.25) is 5.02 Å². The summed E-state index contributed by atoms with van der Waals surface area (Å²) in [7, 11) is 1.57. The Morgan fingerprint density at radius 2 is 1.95 bits per heavy atom. The van der Waals surface area contributed by atoms with Crippen LogP contribution in [0.3, 0.4) is 0 Å². The summed E-state index contributed by atoms with van der Waals surface area (Å²) in [6.07, 6.45) is 1.59. The topological polar surface area (TPSA) is 131 Å². The van der Waals surface area contributed by atoms with Crippen LogP contribution in [0.1, 0.15) is 17.7 Å². The van der Waals surface area contributed by atoms with Gasteiger partial charge in [0.25, 0.3) is 0 Å². The molecule has 1 amide bonds. The number of ether oxygens (including phenoxy) is 2.